The van der Waals surface area contributed by atoms with Gasteiger partial charge in [0.15, 0.2) is 0 Å². The zero-order valence-corrected chi connectivity index (χ0v) is 30.9. The molecule has 0 bridgehead atoms. The predicted octanol–water partition coefficient (Wildman–Crippen LogP) is 11.7. The van der Waals surface area contributed by atoms with Gasteiger partial charge in [-0.1, -0.05) is 110 Å². The Labute approximate surface area is 320 Å². The number of rotatable bonds is 6. The van der Waals surface area contributed by atoms with E-state index < -0.39 is 0 Å². The Balaban J connectivity index is 1.18. The fourth-order valence-corrected chi connectivity index (χ4v) is 8.82. The Morgan fingerprint density at radius 1 is 0.545 bits per heavy atom. The molecule has 0 saturated heterocycles. The standard InChI is InChI=1S/C52H39N3/c1-4-14-38(15-5-2)55-49-27-24-35(34-23-26-48-44(29-34)41-19-12-13-21-47(41)54(48)39-16-8-7-9-17-39)30-45(49)42-25-22-36(32-50(42)55)37-28-33(6-3)51-46(31-37)40-18-10-11-20-43(40)52(51)53/h4-32H,1,53H2,2-3H3/b15-5-,33-6-,38-14+. The van der Waals surface area contributed by atoms with Crippen LogP contribution in [-0.4, -0.2) is 9.13 Å². The summed E-state index contributed by atoms with van der Waals surface area (Å²) in [6.07, 6.45) is 10.4. The summed E-state index contributed by atoms with van der Waals surface area (Å²) in [7, 11) is 0. The molecule has 262 valence electrons. The summed E-state index contributed by atoms with van der Waals surface area (Å²) in [5, 5.41) is 7.18. The Bertz CT molecular complexity index is 3240. The lowest BCUT2D eigenvalue weighted by molar-refractivity contribution is 1.18. The smallest absolute Gasteiger partial charge is 0.0547 e. The maximum absolute atomic E-state index is 6.75. The number of hydrogen-bond donors (Lipinski definition) is 1. The third-order valence-corrected chi connectivity index (χ3v) is 11.3. The maximum atomic E-state index is 6.75. The van der Waals surface area contributed by atoms with E-state index in [2.05, 4.69) is 199 Å². The van der Waals surface area contributed by atoms with Crippen LogP contribution in [0.25, 0.3) is 100 Å². The van der Waals surface area contributed by atoms with Gasteiger partial charge < -0.3 is 14.9 Å². The highest BCUT2D eigenvalue weighted by molar-refractivity contribution is 6.14. The van der Waals surface area contributed by atoms with Gasteiger partial charge in [0, 0.05) is 49.4 Å². The molecule has 1 aliphatic rings. The van der Waals surface area contributed by atoms with Crippen molar-refractivity contribution < 1.29 is 0 Å². The van der Waals surface area contributed by atoms with Crippen molar-refractivity contribution in [2.45, 2.75) is 13.8 Å². The Morgan fingerprint density at radius 2 is 1.18 bits per heavy atom. The van der Waals surface area contributed by atoms with Gasteiger partial charge in [0.2, 0.25) is 0 Å². The normalized spacial score (nSPS) is 13.2. The number of nitrogens with zero attached hydrogens (tertiary/aromatic N) is 2. The van der Waals surface area contributed by atoms with E-state index in [-0.39, 0.29) is 0 Å². The molecular formula is C52H39N3. The number of aromatic nitrogens is 2. The van der Waals surface area contributed by atoms with Gasteiger partial charge in [-0.2, -0.15) is 0 Å². The van der Waals surface area contributed by atoms with Crippen LogP contribution in [0, 0.1) is 0 Å². The van der Waals surface area contributed by atoms with Gasteiger partial charge in [-0.05, 0) is 125 Å². The highest BCUT2D eigenvalue weighted by Gasteiger charge is 2.21. The minimum atomic E-state index is 0.850. The second-order valence-electron chi connectivity index (χ2n) is 14.3. The van der Waals surface area contributed by atoms with Gasteiger partial charge in [-0.3, -0.25) is 0 Å². The molecule has 0 fully saturated rings. The van der Waals surface area contributed by atoms with Crippen LogP contribution in [0.4, 0.5) is 0 Å². The molecule has 0 spiro atoms. The molecule has 3 nitrogen and oxygen atoms in total. The van der Waals surface area contributed by atoms with E-state index in [9.17, 15) is 0 Å². The molecule has 0 amide bonds. The van der Waals surface area contributed by atoms with Crippen LogP contribution in [-0.2, 0) is 0 Å². The SMILES string of the molecule is C=C/C=C(\C=C/C)n1c2ccc(-c3ccc4c(c3)c3ccccc3n4-c3ccccc3)cc2c2ccc(-c3cc4c(/c(=C\C)c3)=C(N)c3ccccc3-4)cc21. The molecule has 0 saturated carbocycles. The van der Waals surface area contributed by atoms with Crippen LogP contribution in [0.15, 0.2) is 176 Å². The molecule has 3 heteroatoms. The molecule has 2 aromatic heterocycles. The molecule has 55 heavy (non-hydrogen) atoms. The largest absolute Gasteiger partial charge is 0.398 e. The maximum Gasteiger partial charge on any atom is 0.0547 e. The molecule has 10 rings (SSSR count). The van der Waals surface area contributed by atoms with Crippen molar-refractivity contribution in [2.75, 3.05) is 0 Å². The number of para-hydroxylation sites is 2. The van der Waals surface area contributed by atoms with Crippen LogP contribution in [0.1, 0.15) is 19.4 Å². The molecule has 2 N–H and O–H groups in total. The molecule has 2 heterocycles. The Morgan fingerprint density at radius 3 is 1.95 bits per heavy atom. The molecule has 9 aromatic rings. The van der Waals surface area contributed by atoms with E-state index >= 15 is 0 Å². The average molecular weight is 706 g/mol. The highest BCUT2D eigenvalue weighted by Crippen LogP contribution is 2.40. The summed E-state index contributed by atoms with van der Waals surface area (Å²) in [5.74, 6) is 0. The number of fused-ring (bicyclic) bond motifs is 9. The third-order valence-electron chi connectivity index (χ3n) is 11.3. The number of allylic oxidation sites excluding steroid dienone is 5. The van der Waals surface area contributed by atoms with Gasteiger partial charge in [0.25, 0.3) is 0 Å². The van der Waals surface area contributed by atoms with E-state index in [0.717, 1.165) is 49.7 Å². The van der Waals surface area contributed by atoms with E-state index in [0.29, 0.717) is 0 Å². The summed E-state index contributed by atoms with van der Waals surface area (Å²) in [4.78, 5) is 0. The molecular weight excluding hydrogens is 667 g/mol. The fraction of sp³-hybridized carbons (Fsp3) is 0.0385. The molecule has 0 unspecified atom stereocenters. The van der Waals surface area contributed by atoms with Gasteiger partial charge in [-0.15, -0.1) is 0 Å². The first kappa shape index (κ1) is 32.5. The number of nitrogens with two attached hydrogens (primary N) is 1. The van der Waals surface area contributed by atoms with Gasteiger partial charge in [-0.25, -0.2) is 0 Å². The number of benzene rings is 7. The Hall–Kier alpha value is -7.10. The van der Waals surface area contributed by atoms with Crippen LogP contribution in [0.5, 0.6) is 0 Å². The second-order valence-corrected chi connectivity index (χ2v) is 14.3. The van der Waals surface area contributed by atoms with E-state index in [1.807, 2.05) is 6.08 Å². The van der Waals surface area contributed by atoms with E-state index in [1.165, 1.54) is 60.4 Å². The summed E-state index contributed by atoms with van der Waals surface area (Å²) in [6, 6.07) is 53.1. The Kier molecular flexibility index (Phi) is 7.57. The summed E-state index contributed by atoms with van der Waals surface area (Å²) in [5.41, 5.74) is 22.7. The summed E-state index contributed by atoms with van der Waals surface area (Å²) < 4.78 is 4.74. The monoisotopic (exact) mass is 705 g/mol. The molecule has 7 aromatic carbocycles. The number of hydrogen-bond acceptors (Lipinski definition) is 1. The van der Waals surface area contributed by atoms with Gasteiger partial charge >= 0.3 is 0 Å². The van der Waals surface area contributed by atoms with Gasteiger partial charge in [0.05, 0.1) is 22.1 Å². The van der Waals surface area contributed by atoms with Crippen molar-refractivity contribution in [2.24, 2.45) is 5.73 Å². The molecule has 1 aliphatic carbocycles. The minimum absolute atomic E-state index is 0.850. The van der Waals surface area contributed by atoms with Crippen LogP contribution in [0.2, 0.25) is 0 Å². The quantitative estimate of drug-likeness (QED) is 0.172. The van der Waals surface area contributed by atoms with E-state index in [4.69, 9.17) is 5.73 Å². The van der Waals surface area contributed by atoms with Crippen LogP contribution in [0.3, 0.4) is 0 Å². The lowest BCUT2D eigenvalue weighted by atomic mass is 9.96. The van der Waals surface area contributed by atoms with Crippen LogP contribution >= 0.6 is 0 Å². The third kappa shape index (κ3) is 4.97. The average Bonchev–Trinajstić information content (AvgIpc) is 3.85. The van der Waals surface area contributed by atoms with Crippen molar-refractivity contribution >= 4 is 61.1 Å². The molecule has 0 aliphatic heterocycles. The first-order valence-electron chi connectivity index (χ1n) is 18.9. The lowest BCUT2D eigenvalue weighted by Gasteiger charge is -2.11. The molecule has 0 radical (unpaired) electrons. The zero-order valence-electron chi connectivity index (χ0n) is 30.9. The van der Waals surface area contributed by atoms with Crippen molar-refractivity contribution in [1.82, 2.24) is 9.13 Å². The first-order valence-corrected chi connectivity index (χ1v) is 18.9. The van der Waals surface area contributed by atoms with Crippen molar-refractivity contribution in [3.05, 3.63) is 192 Å². The second kappa shape index (κ2) is 12.8. The highest BCUT2D eigenvalue weighted by atomic mass is 15.0. The molecule has 0 atom stereocenters. The van der Waals surface area contributed by atoms with Crippen molar-refractivity contribution in [3.8, 4) is 39.1 Å². The van der Waals surface area contributed by atoms with Crippen molar-refractivity contribution in [3.63, 3.8) is 0 Å². The lowest BCUT2D eigenvalue weighted by Crippen LogP contribution is -2.29. The fourth-order valence-electron chi connectivity index (χ4n) is 8.82. The van der Waals surface area contributed by atoms with Crippen LogP contribution < -0.4 is 16.2 Å². The van der Waals surface area contributed by atoms with Gasteiger partial charge in [0.1, 0.15) is 0 Å². The predicted molar refractivity (Wildman–Crippen MR) is 235 cm³/mol. The minimum Gasteiger partial charge on any atom is -0.398 e. The van der Waals surface area contributed by atoms with E-state index in [1.54, 1.807) is 0 Å². The summed E-state index contributed by atoms with van der Waals surface area (Å²) >= 11 is 0. The topological polar surface area (TPSA) is 35.9 Å². The van der Waals surface area contributed by atoms with Crippen molar-refractivity contribution in [1.29, 1.82) is 0 Å². The summed E-state index contributed by atoms with van der Waals surface area (Å²) in [6.45, 7) is 8.23. The zero-order chi connectivity index (χ0) is 37.2. The first-order chi connectivity index (χ1) is 27.1.